The van der Waals surface area contributed by atoms with Crippen molar-refractivity contribution < 1.29 is 14.3 Å². The first-order valence-corrected chi connectivity index (χ1v) is 7.99. The second kappa shape index (κ2) is 6.14. The Labute approximate surface area is 148 Å². The summed E-state index contributed by atoms with van der Waals surface area (Å²) in [5, 5.41) is 7.54. The molecule has 4 rings (SSSR count). The third-order valence-electron chi connectivity index (χ3n) is 3.90. The third-order valence-corrected chi connectivity index (χ3v) is 4.23. The Morgan fingerprint density at radius 1 is 1.16 bits per heavy atom. The van der Waals surface area contributed by atoms with Gasteiger partial charge < -0.3 is 14.8 Å². The number of carbonyl (C=O) groups excluding carboxylic acids is 1. The predicted molar refractivity (Wildman–Crippen MR) is 94.2 cm³/mol. The SMILES string of the molecule is Cn1nc(C(=O)Nc2ccccc2Cl)cc1-c1ccc2c(c1)OCO2. The van der Waals surface area contributed by atoms with Crippen LogP contribution in [0.4, 0.5) is 5.69 Å². The highest BCUT2D eigenvalue weighted by Crippen LogP contribution is 2.36. The number of fused-ring (bicyclic) bond motifs is 1. The fraction of sp³-hybridized carbons (Fsp3) is 0.111. The summed E-state index contributed by atoms with van der Waals surface area (Å²) in [4.78, 5) is 12.5. The van der Waals surface area contributed by atoms with Crippen molar-refractivity contribution in [2.75, 3.05) is 12.1 Å². The van der Waals surface area contributed by atoms with Crippen LogP contribution >= 0.6 is 11.6 Å². The first-order valence-electron chi connectivity index (χ1n) is 7.62. The van der Waals surface area contributed by atoms with Gasteiger partial charge in [0.05, 0.1) is 16.4 Å². The number of anilines is 1. The second-order valence-electron chi connectivity index (χ2n) is 5.54. The molecule has 0 bridgehead atoms. The number of hydrogen-bond donors (Lipinski definition) is 1. The van der Waals surface area contributed by atoms with E-state index in [2.05, 4.69) is 10.4 Å². The third kappa shape index (κ3) is 2.92. The molecular weight excluding hydrogens is 342 g/mol. The van der Waals surface area contributed by atoms with E-state index < -0.39 is 0 Å². The minimum atomic E-state index is -0.323. The maximum absolute atomic E-state index is 12.5. The van der Waals surface area contributed by atoms with E-state index in [1.54, 1.807) is 42.1 Å². The fourth-order valence-electron chi connectivity index (χ4n) is 2.65. The van der Waals surface area contributed by atoms with Gasteiger partial charge in [-0.15, -0.1) is 0 Å². The predicted octanol–water partition coefficient (Wildman–Crippen LogP) is 3.72. The summed E-state index contributed by atoms with van der Waals surface area (Å²) >= 11 is 6.08. The molecule has 0 aliphatic carbocycles. The largest absolute Gasteiger partial charge is 0.454 e. The molecule has 0 atom stereocenters. The van der Waals surface area contributed by atoms with Gasteiger partial charge in [-0.25, -0.2) is 0 Å². The Morgan fingerprint density at radius 3 is 2.80 bits per heavy atom. The minimum absolute atomic E-state index is 0.218. The van der Waals surface area contributed by atoms with E-state index in [0.717, 1.165) is 11.3 Å². The lowest BCUT2D eigenvalue weighted by Crippen LogP contribution is -2.13. The van der Waals surface area contributed by atoms with Crippen LogP contribution in [0.15, 0.2) is 48.5 Å². The molecule has 1 N–H and O–H groups in total. The van der Waals surface area contributed by atoms with Crippen molar-refractivity contribution in [3.05, 3.63) is 59.2 Å². The molecule has 3 aromatic rings. The number of rotatable bonds is 3. The van der Waals surface area contributed by atoms with Gasteiger partial charge in [-0.05, 0) is 36.4 Å². The number of aromatic nitrogens is 2. The van der Waals surface area contributed by atoms with E-state index in [0.29, 0.717) is 27.9 Å². The van der Waals surface area contributed by atoms with Crippen LogP contribution < -0.4 is 14.8 Å². The van der Waals surface area contributed by atoms with Crippen LogP contribution in [0.25, 0.3) is 11.3 Å². The van der Waals surface area contributed by atoms with Gasteiger partial charge in [-0.2, -0.15) is 5.10 Å². The second-order valence-corrected chi connectivity index (χ2v) is 5.95. The first kappa shape index (κ1) is 15.5. The van der Waals surface area contributed by atoms with E-state index in [1.165, 1.54) is 0 Å². The Balaban J connectivity index is 1.62. The summed E-state index contributed by atoms with van der Waals surface area (Å²) in [6.45, 7) is 0.218. The molecule has 2 heterocycles. The number of amides is 1. The summed E-state index contributed by atoms with van der Waals surface area (Å²) in [7, 11) is 1.78. The Hall–Kier alpha value is -2.99. The highest BCUT2D eigenvalue weighted by molar-refractivity contribution is 6.33. The summed E-state index contributed by atoms with van der Waals surface area (Å²) in [5.41, 5.74) is 2.53. The van der Waals surface area contributed by atoms with E-state index in [1.807, 2.05) is 18.2 Å². The molecule has 0 spiro atoms. The lowest BCUT2D eigenvalue weighted by molar-refractivity contribution is 0.102. The van der Waals surface area contributed by atoms with Crippen LogP contribution in [0.3, 0.4) is 0 Å². The quantitative estimate of drug-likeness (QED) is 0.777. The van der Waals surface area contributed by atoms with Crippen molar-refractivity contribution in [3.63, 3.8) is 0 Å². The topological polar surface area (TPSA) is 65.4 Å². The summed E-state index contributed by atoms with van der Waals surface area (Å²) in [6, 6.07) is 14.4. The van der Waals surface area contributed by atoms with Crippen LogP contribution in [-0.4, -0.2) is 22.5 Å². The number of halogens is 1. The molecule has 0 fully saturated rings. The standard InChI is InChI=1S/C18H14ClN3O3/c1-22-15(11-6-7-16-17(8-11)25-10-24-16)9-14(21-22)18(23)20-13-5-3-2-4-12(13)19/h2-9H,10H2,1H3,(H,20,23). The van der Waals surface area contributed by atoms with E-state index in [-0.39, 0.29) is 12.7 Å². The van der Waals surface area contributed by atoms with E-state index in [9.17, 15) is 4.79 Å². The number of aryl methyl sites for hydroxylation is 1. The number of ether oxygens (including phenoxy) is 2. The van der Waals surface area contributed by atoms with Crippen molar-refractivity contribution in [1.29, 1.82) is 0 Å². The smallest absolute Gasteiger partial charge is 0.276 e. The van der Waals surface area contributed by atoms with Crippen molar-refractivity contribution in [1.82, 2.24) is 9.78 Å². The van der Waals surface area contributed by atoms with Gasteiger partial charge in [-0.3, -0.25) is 9.48 Å². The first-order chi connectivity index (χ1) is 12.1. The molecule has 7 heteroatoms. The van der Waals surface area contributed by atoms with Crippen LogP contribution in [0.5, 0.6) is 11.5 Å². The number of carbonyl (C=O) groups is 1. The Kier molecular flexibility index (Phi) is 3.82. The van der Waals surface area contributed by atoms with Crippen molar-refractivity contribution in [2.45, 2.75) is 0 Å². The zero-order chi connectivity index (χ0) is 17.4. The zero-order valence-electron chi connectivity index (χ0n) is 13.3. The molecular formula is C18H14ClN3O3. The minimum Gasteiger partial charge on any atom is -0.454 e. The monoisotopic (exact) mass is 355 g/mol. The average Bonchev–Trinajstić information content (AvgIpc) is 3.22. The lowest BCUT2D eigenvalue weighted by Gasteiger charge is -2.04. The molecule has 0 unspecified atom stereocenters. The summed E-state index contributed by atoms with van der Waals surface area (Å²) in [5.74, 6) is 1.07. The van der Waals surface area contributed by atoms with Gasteiger partial charge in [0.2, 0.25) is 6.79 Å². The van der Waals surface area contributed by atoms with Gasteiger partial charge in [-0.1, -0.05) is 23.7 Å². The van der Waals surface area contributed by atoms with Crippen LogP contribution in [0.2, 0.25) is 5.02 Å². The summed E-state index contributed by atoms with van der Waals surface area (Å²) < 4.78 is 12.4. The number of nitrogens with zero attached hydrogens (tertiary/aromatic N) is 2. The molecule has 0 radical (unpaired) electrons. The van der Waals surface area contributed by atoms with Crippen molar-refractivity contribution in [2.24, 2.45) is 7.05 Å². The number of hydrogen-bond acceptors (Lipinski definition) is 4. The normalized spacial score (nSPS) is 12.2. The molecule has 2 aromatic carbocycles. The van der Waals surface area contributed by atoms with Crippen molar-refractivity contribution >= 4 is 23.2 Å². The highest BCUT2D eigenvalue weighted by atomic mass is 35.5. The van der Waals surface area contributed by atoms with Gasteiger partial charge >= 0.3 is 0 Å². The fourth-order valence-corrected chi connectivity index (χ4v) is 2.84. The van der Waals surface area contributed by atoms with Gasteiger partial charge in [0, 0.05) is 12.6 Å². The van der Waals surface area contributed by atoms with Crippen LogP contribution in [-0.2, 0) is 7.05 Å². The van der Waals surface area contributed by atoms with Crippen LogP contribution in [0, 0.1) is 0 Å². The molecule has 6 nitrogen and oxygen atoms in total. The molecule has 1 aliphatic heterocycles. The maximum atomic E-state index is 12.5. The number of nitrogens with one attached hydrogen (secondary N) is 1. The Morgan fingerprint density at radius 2 is 1.96 bits per heavy atom. The summed E-state index contributed by atoms with van der Waals surface area (Å²) in [6.07, 6.45) is 0. The van der Waals surface area contributed by atoms with E-state index in [4.69, 9.17) is 21.1 Å². The average molecular weight is 356 g/mol. The molecule has 1 aromatic heterocycles. The molecule has 126 valence electrons. The van der Waals surface area contributed by atoms with Crippen LogP contribution in [0.1, 0.15) is 10.5 Å². The van der Waals surface area contributed by atoms with Crippen molar-refractivity contribution in [3.8, 4) is 22.8 Å². The van der Waals surface area contributed by atoms with Gasteiger partial charge in [0.15, 0.2) is 17.2 Å². The molecule has 25 heavy (non-hydrogen) atoms. The zero-order valence-corrected chi connectivity index (χ0v) is 14.1. The molecule has 1 amide bonds. The van der Waals surface area contributed by atoms with E-state index >= 15 is 0 Å². The van der Waals surface area contributed by atoms with Gasteiger partial charge in [0.25, 0.3) is 5.91 Å². The molecule has 0 saturated carbocycles. The maximum Gasteiger partial charge on any atom is 0.276 e. The Bertz CT molecular complexity index is 968. The molecule has 0 saturated heterocycles. The highest BCUT2D eigenvalue weighted by Gasteiger charge is 2.18. The van der Waals surface area contributed by atoms with Gasteiger partial charge in [0.1, 0.15) is 0 Å². The lowest BCUT2D eigenvalue weighted by atomic mass is 10.1. The number of benzene rings is 2. The molecule has 1 aliphatic rings. The number of para-hydroxylation sites is 1.